The highest BCUT2D eigenvalue weighted by molar-refractivity contribution is 7.99. The summed E-state index contributed by atoms with van der Waals surface area (Å²) in [6.07, 6.45) is 11.0. The van der Waals surface area contributed by atoms with Gasteiger partial charge < -0.3 is 10.1 Å². The van der Waals surface area contributed by atoms with E-state index in [2.05, 4.69) is 20.0 Å². The number of aromatic nitrogens is 3. The molecule has 1 N–H and O–H groups in total. The predicted molar refractivity (Wildman–Crippen MR) is 130 cm³/mol. The van der Waals surface area contributed by atoms with E-state index in [1.807, 2.05) is 11.6 Å². The normalized spacial score (nSPS) is 15.3. The van der Waals surface area contributed by atoms with Crippen molar-refractivity contribution in [2.75, 3.05) is 18.7 Å². The van der Waals surface area contributed by atoms with Crippen LogP contribution in [0.25, 0.3) is 10.2 Å². The van der Waals surface area contributed by atoms with Crippen LogP contribution in [0.4, 0.5) is 5.82 Å². The minimum atomic E-state index is -0.695. The van der Waals surface area contributed by atoms with Gasteiger partial charge in [-0.2, -0.15) is 0 Å². The van der Waals surface area contributed by atoms with Gasteiger partial charge in [-0.15, -0.1) is 23.1 Å². The van der Waals surface area contributed by atoms with Gasteiger partial charge in [0.25, 0.3) is 5.56 Å². The molecule has 3 heterocycles. The minimum absolute atomic E-state index is 0.199. The van der Waals surface area contributed by atoms with Crippen molar-refractivity contribution in [3.63, 3.8) is 0 Å². The molecule has 1 fully saturated rings. The molecule has 1 amide bonds. The lowest BCUT2D eigenvalue weighted by Crippen LogP contribution is -2.35. The summed E-state index contributed by atoms with van der Waals surface area (Å²) in [5.74, 6) is -0.133. The summed E-state index contributed by atoms with van der Waals surface area (Å²) in [5.41, 5.74) is 0.781. The Morgan fingerprint density at radius 2 is 2.06 bits per heavy atom. The number of nitrogens with one attached hydrogen (secondary N) is 1. The van der Waals surface area contributed by atoms with Gasteiger partial charge in [0.2, 0.25) is 5.91 Å². The lowest BCUT2D eigenvalue weighted by molar-refractivity contribution is -0.120. The highest BCUT2D eigenvalue weighted by atomic mass is 32.2. The molecule has 10 heteroatoms. The van der Waals surface area contributed by atoms with Crippen LogP contribution >= 0.6 is 23.1 Å². The van der Waals surface area contributed by atoms with Crippen molar-refractivity contribution in [2.24, 2.45) is 5.92 Å². The first-order valence-electron chi connectivity index (χ1n) is 10.9. The first-order chi connectivity index (χ1) is 16.0. The highest BCUT2D eigenvalue weighted by Crippen LogP contribution is 2.32. The molecule has 0 aromatic carbocycles. The molecule has 3 aromatic heterocycles. The molecule has 4 rings (SSSR count). The van der Waals surface area contributed by atoms with Crippen molar-refractivity contribution in [1.29, 1.82) is 0 Å². The molecule has 1 atom stereocenters. The molecule has 0 spiro atoms. The summed E-state index contributed by atoms with van der Waals surface area (Å²) in [5, 5.41) is 4.74. The summed E-state index contributed by atoms with van der Waals surface area (Å²) in [6.45, 7) is 0. The zero-order valence-corrected chi connectivity index (χ0v) is 20.2. The fourth-order valence-corrected chi connectivity index (χ4v) is 6.03. The van der Waals surface area contributed by atoms with E-state index < -0.39 is 12.0 Å². The van der Waals surface area contributed by atoms with Crippen LogP contribution in [0.15, 0.2) is 39.7 Å². The van der Waals surface area contributed by atoms with Crippen LogP contribution in [0.2, 0.25) is 0 Å². The number of esters is 1. The van der Waals surface area contributed by atoms with Crippen molar-refractivity contribution in [1.82, 2.24) is 14.5 Å². The van der Waals surface area contributed by atoms with Crippen molar-refractivity contribution in [3.8, 4) is 0 Å². The molecule has 0 radical (unpaired) electrons. The molecule has 1 unspecified atom stereocenters. The minimum Gasteiger partial charge on any atom is -0.465 e. The number of fused-ring (bicyclic) bond motifs is 1. The van der Waals surface area contributed by atoms with Crippen LogP contribution in [0.3, 0.4) is 0 Å². The second-order valence-electron chi connectivity index (χ2n) is 8.11. The molecule has 8 nitrogen and oxygen atoms in total. The summed E-state index contributed by atoms with van der Waals surface area (Å²) < 4.78 is 6.71. The SMILES string of the molecule is COC(=O)c1ccc(NC(=O)C(CC2CCCCC2)n2cnc3c(SC)csc3c2=O)nc1. The molecule has 174 valence electrons. The van der Waals surface area contributed by atoms with Gasteiger partial charge in [-0.05, 0) is 30.7 Å². The van der Waals surface area contributed by atoms with E-state index in [1.54, 1.807) is 23.9 Å². The Bertz CT molecular complexity index is 1200. The van der Waals surface area contributed by atoms with Gasteiger partial charge in [0, 0.05) is 16.5 Å². The molecule has 0 bridgehead atoms. The first-order valence-corrected chi connectivity index (χ1v) is 13.0. The van der Waals surface area contributed by atoms with Gasteiger partial charge in [-0.3, -0.25) is 14.2 Å². The number of hydrogen-bond acceptors (Lipinski definition) is 8. The average Bonchev–Trinajstić information content (AvgIpc) is 3.28. The summed E-state index contributed by atoms with van der Waals surface area (Å²) >= 11 is 2.91. The second-order valence-corrected chi connectivity index (χ2v) is 9.84. The Kier molecular flexibility index (Phi) is 7.44. The van der Waals surface area contributed by atoms with Crippen molar-refractivity contribution in [3.05, 3.63) is 46.0 Å². The Hall–Kier alpha value is -2.72. The number of thiophene rings is 1. The van der Waals surface area contributed by atoms with Gasteiger partial charge in [-0.1, -0.05) is 32.1 Å². The molecule has 0 aliphatic heterocycles. The second kappa shape index (κ2) is 10.5. The number of pyridine rings is 1. The lowest BCUT2D eigenvalue weighted by Gasteiger charge is -2.27. The number of rotatable bonds is 7. The zero-order chi connectivity index (χ0) is 23.4. The Morgan fingerprint density at radius 1 is 1.27 bits per heavy atom. The van der Waals surface area contributed by atoms with Crippen LogP contribution in [0, 0.1) is 5.92 Å². The van der Waals surface area contributed by atoms with E-state index in [1.165, 1.54) is 42.0 Å². The number of thioether (sulfide) groups is 1. The number of ether oxygens (including phenoxy) is 1. The fourth-order valence-electron chi connectivity index (χ4n) is 4.27. The number of anilines is 1. The number of nitrogens with zero attached hydrogens (tertiary/aromatic N) is 3. The molecule has 3 aromatic rings. The van der Waals surface area contributed by atoms with Crippen LogP contribution in [-0.2, 0) is 9.53 Å². The van der Waals surface area contributed by atoms with E-state index in [0.29, 0.717) is 33.9 Å². The third-order valence-corrected chi connectivity index (χ3v) is 7.91. The standard InChI is InChI=1S/C23H26N4O4S2/c1-31-23(30)15-8-9-18(24-11-15)26-21(28)16(10-14-6-4-3-5-7-14)27-13-25-19-17(32-2)12-33-20(19)22(27)29/h8-9,11-14,16H,3-7,10H2,1-2H3,(H,24,26,28). The predicted octanol–water partition coefficient (Wildman–Crippen LogP) is 4.51. The van der Waals surface area contributed by atoms with E-state index in [4.69, 9.17) is 0 Å². The van der Waals surface area contributed by atoms with Gasteiger partial charge in [-0.25, -0.2) is 14.8 Å². The summed E-state index contributed by atoms with van der Waals surface area (Å²) in [6, 6.07) is 2.40. The maximum Gasteiger partial charge on any atom is 0.339 e. The number of carbonyl (C=O) groups is 2. The average molecular weight is 487 g/mol. The summed E-state index contributed by atoms with van der Waals surface area (Å²) in [4.78, 5) is 48.0. The van der Waals surface area contributed by atoms with Crippen LogP contribution in [0.1, 0.15) is 54.9 Å². The largest absolute Gasteiger partial charge is 0.465 e. The molecule has 33 heavy (non-hydrogen) atoms. The van der Waals surface area contributed by atoms with Gasteiger partial charge in [0.05, 0.1) is 19.0 Å². The zero-order valence-electron chi connectivity index (χ0n) is 18.6. The Balaban J connectivity index is 1.64. The third kappa shape index (κ3) is 5.11. The maximum atomic E-state index is 13.4. The summed E-state index contributed by atoms with van der Waals surface area (Å²) in [7, 11) is 1.30. The van der Waals surface area contributed by atoms with E-state index in [9.17, 15) is 14.4 Å². The molecular formula is C23H26N4O4S2. The molecular weight excluding hydrogens is 460 g/mol. The molecule has 1 aliphatic carbocycles. The lowest BCUT2D eigenvalue weighted by atomic mass is 9.84. The molecule has 1 saturated carbocycles. The van der Waals surface area contributed by atoms with Crippen molar-refractivity contribution < 1.29 is 14.3 Å². The molecule has 0 saturated heterocycles. The first kappa shape index (κ1) is 23.4. The van der Waals surface area contributed by atoms with E-state index in [0.717, 1.165) is 30.6 Å². The number of carbonyl (C=O) groups excluding carboxylic acids is 2. The Labute approximate surface area is 199 Å². The monoisotopic (exact) mass is 486 g/mol. The fraction of sp³-hybridized carbons (Fsp3) is 0.435. The van der Waals surface area contributed by atoms with Crippen LogP contribution < -0.4 is 10.9 Å². The van der Waals surface area contributed by atoms with Gasteiger partial charge in [0.15, 0.2) is 0 Å². The maximum absolute atomic E-state index is 13.4. The van der Waals surface area contributed by atoms with Crippen LogP contribution in [0.5, 0.6) is 0 Å². The Morgan fingerprint density at radius 3 is 2.73 bits per heavy atom. The smallest absolute Gasteiger partial charge is 0.339 e. The van der Waals surface area contributed by atoms with Crippen molar-refractivity contribution in [2.45, 2.75) is 49.5 Å². The molecule has 1 aliphatic rings. The van der Waals surface area contributed by atoms with Crippen molar-refractivity contribution >= 4 is 51.0 Å². The third-order valence-electron chi connectivity index (χ3n) is 6.05. The number of methoxy groups -OCH3 is 1. The highest BCUT2D eigenvalue weighted by Gasteiger charge is 2.28. The topological polar surface area (TPSA) is 103 Å². The van der Waals surface area contributed by atoms with E-state index >= 15 is 0 Å². The number of hydrogen-bond donors (Lipinski definition) is 1. The van der Waals surface area contributed by atoms with Gasteiger partial charge in [0.1, 0.15) is 22.1 Å². The number of amides is 1. The quantitative estimate of drug-likeness (QED) is 0.387. The van der Waals surface area contributed by atoms with Crippen LogP contribution in [-0.4, -0.2) is 39.8 Å². The van der Waals surface area contributed by atoms with E-state index in [-0.39, 0.29) is 11.5 Å². The van der Waals surface area contributed by atoms with Gasteiger partial charge >= 0.3 is 5.97 Å².